The molecule has 0 radical (unpaired) electrons. The number of nitrogens with one attached hydrogen (secondary N) is 2. The van der Waals surface area contributed by atoms with Gasteiger partial charge in [-0.15, -0.1) is 10.2 Å². The molecule has 0 bridgehead atoms. The minimum Gasteiger partial charge on any atom is -0.353 e. The number of aromatic nitrogens is 5. The van der Waals surface area contributed by atoms with Crippen molar-refractivity contribution in [2.75, 3.05) is 0 Å². The van der Waals surface area contributed by atoms with E-state index in [2.05, 4.69) is 25.6 Å². The standard InChI is InChI=1S/C6H5N5S/c12-5-3-4(1-2-7-5)6-8-10-11-9-6/h1-3H,(H,7,12)(H,8,9,10,11). The van der Waals surface area contributed by atoms with Crippen LogP contribution >= 0.6 is 12.2 Å². The van der Waals surface area contributed by atoms with Gasteiger partial charge in [0.25, 0.3) is 0 Å². The van der Waals surface area contributed by atoms with Crippen molar-refractivity contribution in [3.8, 4) is 11.4 Å². The van der Waals surface area contributed by atoms with Crippen LogP contribution in [0.2, 0.25) is 0 Å². The van der Waals surface area contributed by atoms with Crippen LogP contribution in [-0.4, -0.2) is 25.6 Å². The van der Waals surface area contributed by atoms with E-state index in [1.54, 1.807) is 12.3 Å². The molecule has 0 fully saturated rings. The van der Waals surface area contributed by atoms with Crippen molar-refractivity contribution < 1.29 is 0 Å². The summed E-state index contributed by atoms with van der Waals surface area (Å²) in [5.74, 6) is 0.551. The van der Waals surface area contributed by atoms with Crippen LogP contribution in [-0.2, 0) is 0 Å². The second-order valence-electron chi connectivity index (χ2n) is 2.18. The zero-order chi connectivity index (χ0) is 8.39. The Hall–Kier alpha value is -1.56. The molecule has 0 aliphatic rings. The first kappa shape index (κ1) is 7.11. The molecule has 0 aromatic carbocycles. The molecule has 2 rings (SSSR count). The molecule has 5 nitrogen and oxygen atoms in total. The summed E-state index contributed by atoms with van der Waals surface area (Å²) in [6.45, 7) is 0. The highest BCUT2D eigenvalue weighted by atomic mass is 32.1. The molecule has 0 aliphatic heterocycles. The predicted molar refractivity (Wildman–Crippen MR) is 44.8 cm³/mol. The van der Waals surface area contributed by atoms with E-state index in [0.29, 0.717) is 10.5 Å². The number of tetrazole rings is 1. The van der Waals surface area contributed by atoms with Crippen LogP contribution in [0, 0.1) is 4.64 Å². The van der Waals surface area contributed by atoms with Gasteiger partial charge in [-0.2, -0.15) is 5.21 Å². The van der Waals surface area contributed by atoms with Crippen LogP contribution in [0.5, 0.6) is 0 Å². The van der Waals surface area contributed by atoms with Crippen molar-refractivity contribution in [2.45, 2.75) is 0 Å². The lowest BCUT2D eigenvalue weighted by atomic mass is 10.3. The second kappa shape index (κ2) is 2.82. The van der Waals surface area contributed by atoms with Gasteiger partial charge in [0, 0.05) is 11.8 Å². The summed E-state index contributed by atoms with van der Waals surface area (Å²) in [6, 6.07) is 3.61. The Labute approximate surface area is 72.8 Å². The van der Waals surface area contributed by atoms with Gasteiger partial charge in [0.15, 0.2) is 0 Å². The Morgan fingerprint density at radius 2 is 2.33 bits per heavy atom. The Kier molecular flexibility index (Phi) is 1.67. The summed E-state index contributed by atoms with van der Waals surface area (Å²) in [6.07, 6.45) is 1.74. The summed E-state index contributed by atoms with van der Waals surface area (Å²) < 4.78 is 0.650. The number of nitrogens with zero attached hydrogens (tertiary/aromatic N) is 3. The molecule has 2 aromatic rings. The van der Waals surface area contributed by atoms with E-state index >= 15 is 0 Å². The molecular formula is C6H5N5S. The Morgan fingerprint density at radius 3 is 3.00 bits per heavy atom. The fourth-order valence-corrected chi connectivity index (χ4v) is 1.06. The maximum Gasteiger partial charge on any atom is 0.204 e. The summed E-state index contributed by atoms with van der Waals surface area (Å²) >= 11 is 4.93. The van der Waals surface area contributed by atoms with E-state index in [-0.39, 0.29) is 0 Å². The van der Waals surface area contributed by atoms with Crippen molar-refractivity contribution >= 4 is 12.2 Å². The van der Waals surface area contributed by atoms with Gasteiger partial charge in [-0.25, -0.2) is 0 Å². The predicted octanol–water partition coefficient (Wildman–Crippen LogP) is 0.924. The topological polar surface area (TPSA) is 70.2 Å². The molecule has 2 heterocycles. The molecule has 2 aromatic heterocycles. The van der Waals surface area contributed by atoms with E-state index in [1.807, 2.05) is 6.07 Å². The third-order valence-corrected chi connectivity index (χ3v) is 1.61. The first-order valence-electron chi connectivity index (χ1n) is 3.29. The molecule has 60 valence electrons. The third kappa shape index (κ3) is 1.24. The van der Waals surface area contributed by atoms with Crippen LogP contribution in [0.1, 0.15) is 0 Å². The maximum atomic E-state index is 4.93. The van der Waals surface area contributed by atoms with Gasteiger partial charge in [-0.3, -0.25) is 0 Å². The molecule has 12 heavy (non-hydrogen) atoms. The molecule has 0 atom stereocenters. The van der Waals surface area contributed by atoms with E-state index < -0.39 is 0 Å². The van der Waals surface area contributed by atoms with Crippen molar-refractivity contribution in [3.05, 3.63) is 23.0 Å². The van der Waals surface area contributed by atoms with Crippen LogP contribution in [0.25, 0.3) is 11.4 Å². The number of hydrogen-bond acceptors (Lipinski definition) is 4. The average molecular weight is 179 g/mol. The van der Waals surface area contributed by atoms with Crippen molar-refractivity contribution in [2.24, 2.45) is 0 Å². The summed E-state index contributed by atoms with van der Waals surface area (Å²) in [5.41, 5.74) is 0.854. The third-order valence-electron chi connectivity index (χ3n) is 1.38. The van der Waals surface area contributed by atoms with Crippen LogP contribution in [0.15, 0.2) is 18.3 Å². The lowest BCUT2D eigenvalue weighted by Crippen LogP contribution is -1.81. The van der Waals surface area contributed by atoms with Crippen LogP contribution in [0.3, 0.4) is 0 Å². The van der Waals surface area contributed by atoms with E-state index in [0.717, 1.165) is 5.56 Å². The van der Waals surface area contributed by atoms with Crippen molar-refractivity contribution in [1.82, 2.24) is 25.6 Å². The van der Waals surface area contributed by atoms with Gasteiger partial charge in [0.2, 0.25) is 5.82 Å². The number of aromatic amines is 2. The van der Waals surface area contributed by atoms with Gasteiger partial charge < -0.3 is 4.98 Å². The van der Waals surface area contributed by atoms with Crippen molar-refractivity contribution in [1.29, 1.82) is 0 Å². The Balaban J connectivity index is 2.55. The average Bonchev–Trinajstić information content (AvgIpc) is 2.56. The Morgan fingerprint density at radius 1 is 1.42 bits per heavy atom. The zero-order valence-electron chi connectivity index (χ0n) is 5.98. The number of rotatable bonds is 1. The van der Waals surface area contributed by atoms with E-state index in [9.17, 15) is 0 Å². The second-order valence-corrected chi connectivity index (χ2v) is 2.62. The number of hydrogen-bond donors (Lipinski definition) is 2. The fourth-order valence-electron chi connectivity index (χ4n) is 0.868. The van der Waals surface area contributed by atoms with Gasteiger partial charge in [0.1, 0.15) is 4.64 Å². The molecule has 0 saturated carbocycles. The Bertz CT molecular complexity index is 418. The van der Waals surface area contributed by atoms with Gasteiger partial charge >= 0.3 is 0 Å². The number of pyridine rings is 1. The molecule has 0 saturated heterocycles. The lowest BCUT2D eigenvalue weighted by molar-refractivity contribution is 0.881. The molecule has 0 spiro atoms. The van der Waals surface area contributed by atoms with Crippen LogP contribution < -0.4 is 0 Å². The summed E-state index contributed by atoms with van der Waals surface area (Å²) in [7, 11) is 0. The lowest BCUT2D eigenvalue weighted by Gasteiger charge is -1.90. The zero-order valence-corrected chi connectivity index (χ0v) is 6.80. The quantitative estimate of drug-likeness (QED) is 0.639. The molecule has 0 unspecified atom stereocenters. The first-order chi connectivity index (χ1) is 5.86. The molecule has 6 heteroatoms. The number of H-pyrrole nitrogens is 2. The summed E-state index contributed by atoms with van der Waals surface area (Å²) in [4.78, 5) is 2.86. The highest BCUT2D eigenvalue weighted by Gasteiger charge is 2.00. The monoisotopic (exact) mass is 179 g/mol. The minimum atomic E-state index is 0.551. The normalized spacial score (nSPS) is 10.0. The van der Waals surface area contributed by atoms with Crippen LogP contribution in [0.4, 0.5) is 0 Å². The first-order valence-corrected chi connectivity index (χ1v) is 3.69. The van der Waals surface area contributed by atoms with E-state index in [1.165, 1.54) is 0 Å². The molecular weight excluding hydrogens is 174 g/mol. The SMILES string of the molecule is S=c1cc(-c2nn[nH]n2)cc[nH]1. The highest BCUT2D eigenvalue weighted by molar-refractivity contribution is 7.71. The van der Waals surface area contributed by atoms with Gasteiger partial charge in [0.05, 0.1) is 0 Å². The van der Waals surface area contributed by atoms with E-state index in [4.69, 9.17) is 12.2 Å². The molecule has 2 N–H and O–H groups in total. The summed E-state index contributed by atoms with van der Waals surface area (Å²) in [5, 5.41) is 13.5. The van der Waals surface area contributed by atoms with Gasteiger partial charge in [-0.05, 0) is 17.3 Å². The largest absolute Gasteiger partial charge is 0.353 e. The minimum absolute atomic E-state index is 0.551. The van der Waals surface area contributed by atoms with Crippen molar-refractivity contribution in [3.63, 3.8) is 0 Å². The van der Waals surface area contributed by atoms with Gasteiger partial charge in [-0.1, -0.05) is 12.2 Å². The maximum absolute atomic E-state index is 4.93. The highest BCUT2D eigenvalue weighted by Crippen LogP contribution is 2.10. The smallest absolute Gasteiger partial charge is 0.204 e. The molecule has 0 amide bonds. The molecule has 0 aliphatic carbocycles. The fraction of sp³-hybridized carbons (Fsp3) is 0.